The first kappa shape index (κ1) is 16.7. The van der Waals surface area contributed by atoms with Crippen LogP contribution in [-0.2, 0) is 9.53 Å². The molecule has 3 fully saturated rings. The fraction of sp³-hybridized carbons (Fsp3) is 0.550. The number of aromatic nitrogens is 2. The van der Waals surface area contributed by atoms with Crippen molar-refractivity contribution in [3.63, 3.8) is 0 Å². The van der Waals surface area contributed by atoms with E-state index < -0.39 is 11.4 Å². The molecule has 0 unspecified atom stereocenters. The number of fused-ring (bicyclic) bond motifs is 2. The third-order valence-electron chi connectivity index (χ3n) is 6.44. The van der Waals surface area contributed by atoms with Crippen LogP contribution < -0.4 is 9.80 Å². The lowest BCUT2D eigenvalue weighted by atomic mass is 9.81. The number of anilines is 2. The first-order valence-corrected chi connectivity index (χ1v) is 9.75. The molecule has 0 spiro atoms. The Morgan fingerprint density at radius 3 is 2.41 bits per heavy atom. The number of nitrogens with zero attached hydrogens (tertiary/aromatic N) is 4. The summed E-state index contributed by atoms with van der Waals surface area (Å²) in [7, 11) is 0. The molecule has 2 aliphatic heterocycles. The Morgan fingerprint density at radius 1 is 1.11 bits per heavy atom. The lowest BCUT2D eigenvalue weighted by molar-refractivity contribution is -0.149. The second-order valence-corrected chi connectivity index (χ2v) is 7.89. The standard InChI is InChI=1S/C20H24N4O3/c25-19(26)20-7-3-4-14(20)12-24(13-20)18-17(23-8-10-27-11-9-23)21-15-5-1-2-6-16(15)22-18/h1-2,5-6,14H,3-4,7-13H2,(H,25,26)/t14-,20+/m0/s1. The third-order valence-corrected chi connectivity index (χ3v) is 6.44. The van der Waals surface area contributed by atoms with Crippen LogP contribution >= 0.6 is 0 Å². The van der Waals surface area contributed by atoms with E-state index in [2.05, 4.69) is 9.80 Å². The SMILES string of the molecule is O=C(O)[C@@]12CCC[C@H]1CN(c1nc3ccccc3nc1N1CCOCC1)C2. The largest absolute Gasteiger partial charge is 0.481 e. The number of morpholine rings is 1. The zero-order valence-corrected chi connectivity index (χ0v) is 15.3. The van der Waals surface area contributed by atoms with E-state index in [0.29, 0.717) is 19.8 Å². The molecule has 2 aromatic rings. The van der Waals surface area contributed by atoms with Gasteiger partial charge in [0.05, 0.1) is 29.7 Å². The van der Waals surface area contributed by atoms with Crippen LogP contribution in [0.25, 0.3) is 11.0 Å². The maximum absolute atomic E-state index is 12.1. The molecule has 1 aromatic carbocycles. The van der Waals surface area contributed by atoms with Crippen molar-refractivity contribution in [1.82, 2.24) is 9.97 Å². The smallest absolute Gasteiger partial charge is 0.311 e. The van der Waals surface area contributed by atoms with Gasteiger partial charge in [0.25, 0.3) is 0 Å². The van der Waals surface area contributed by atoms with Gasteiger partial charge in [-0.05, 0) is 30.9 Å². The Morgan fingerprint density at radius 2 is 1.78 bits per heavy atom. The van der Waals surface area contributed by atoms with Crippen LogP contribution in [0.3, 0.4) is 0 Å². The Hall–Kier alpha value is -2.41. The quantitative estimate of drug-likeness (QED) is 0.889. The van der Waals surface area contributed by atoms with Crippen LogP contribution in [0.1, 0.15) is 19.3 Å². The molecular weight excluding hydrogens is 344 g/mol. The Balaban J connectivity index is 1.58. The molecular formula is C20H24N4O3. The number of hydrogen-bond acceptors (Lipinski definition) is 6. The maximum Gasteiger partial charge on any atom is 0.311 e. The van der Waals surface area contributed by atoms with Crippen molar-refractivity contribution in [2.24, 2.45) is 11.3 Å². The lowest BCUT2D eigenvalue weighted by Crippen LogP contribution is -2.39. The highest BCUT2D eigenvalue weighted by Crippen LogP contribution is 2.50. The van der Waals surface area contributed by atoms with E-state index in [1.54, 1.807) is 0 Å². The predicted molar refractivity (Wildman–Crippen MR) is 102 cm³/mol. The summed E-state index contributed by atoms with van der Waals surface area (Å²) < 4.78 is 5.50. The third kappa shape index (κ3) is 2.64. The van der Waals surface area contributed by atoms with Gasteiger partial charge in [0.2, 0.25) is 0 Å². The highest BCUT2D eigenvalue weighted by atomic mass is 16.5. The molecule has 1 saturated carbocycles. The van der Waals surface area contributed by atoms with E-state index in [9.17, 15) is 9.90 Å². The summed E-state index contributed by atoms with van der Waals surface area (Å²) in [6.07, 6.45) is 2.75. The average Bonchev–Trinajstić information content (AvgIpc) is 3.26. The minimum atomic E-state index is -0.658. The second-order valence-electron chi connectivity index (χ2n) is 7.89. The molecule has 2 saturated heterocycles. The van der Waals surface area contributed by atoms with Gasteiger partial charge < -0.3 is 19.6 Å². The van der Waals surface area contributed by atoms with Gasteiger partial charge in [-0.3, -0.25) is 4.79 Å². The minimum Gasteiger partial charge on any atom is -0.481 e. The summed E-state index contributed by atoms with van der Waals surface area (Å²) in [5.74, 6) is 1.22. The van der Waals surface area contributed by atoms with E-state index in [1.807, 2.05) is 24.3 Å². The van der Waals surface area contributed by atoms with E-state index >= 15 is 0 Å². The highest BCUT2D eigenvalue weighted by molar-refractivity contribution is 5.83. The second kappa shape index (κ2) is 6.34. The zero-order valence-electron chi connectivity index (χ0n) is 15.3. The van der Waals surface area contributed by atoms with Gasteiger partial charge in [0, 0.05) is 26.2 Å². The first-order valence-electron chi connectivity index (χ1n) is 9.75. The van der Waals surface area contributed by atoms with Crippen LogP contribution in [0.5, 0.6) is 0 Å². The van der Waals surface area contributed by atoms with E-state index in [-0.39, 0.29) is 5.92 Å². The number of carbonyl (C=O) groups is 1. The van der Waals surface area contributed by atoms with Gasteiger partial charge in [-0.1, -0.05) is 18.6 Å². The maximum atomic E-state index is 12.1. The van der Waals surface area contributed by atoms with E-state index in [1.165, 1.54) is 0 Å². The minimum absolute atomic E-state index is 0.195. The summed E-state index contributed by atoms with van der Waals surface area (Å²) in [6.45, 7) is 4.18. The monoisotopic (exact) mass is 368 g/mol. The van der Waals surface area contributed by atoms with Gasteiger partial charge >= 0.3 is 5.97 Å². The molecule has 0 radical (unpaired) electrons. The Bertz CT molecular complexity index is 883. The van der Waals surface area contributed by atoms with E-state index in [4.69, 9.17) is 14.7 Å². The number of benzene rings is 1. The molecule has 3 heterocycles. The van der Waals surface area contributed by atoms with Crippen molar-refractivity contribution in [3.8, 4) is 0 Å². The molecule has 7 heteroatoms. The molecule has 27 heavy (non-hydrogen) atoms. The van der Waals surface area contributed by atoms with Crippen molar-refractivity contribution >= 4 is 28.6 Å². The van der Waals surface area contributed by atoms with Crippen LogP contribution in [0.4, 0.5) is 11.6 Å². The number of rotatable bonds is 3. The van der Waals surface area contributed by atoms with Crippen LogP contribution in [0.15, 0.2) is 24.3 Å². The van der Waals surface area contributed by atoms with Crippen molar-refractivity contribution < 1.29 is 14.6 Å². The van der Waals surface area contributed by atoms with Crippen molar-refractivity contribution in [1.29, 1.82) is 0 Å². The number of carboxylic acid groups (broad SMARTS) is 1. The molecule has 1 aromatic heterocycles. The molecule has 0 bridgehead atoms. The van der Waals surface area contributed by atoms with Crippen molar-refractivity contribution in [2.45, 2.75) is 19.3 Å². The van der Waals surface area contributed by atoms with Gasteiger partial charge in [0.15, 0.2) is 11.6 Å². The number of hydrogen-bond donors (Lipinski definition) is 1. The zero-order chi connectivity index (χ0) is 18.4. The summed E-state index contributed by atoms with van der Waals surface area (Å²) in [4.78, 5) is 26.3. The van der Waals surface area contributed by atoms with Gasteiger partial charge in [-0.25, -0.2) is 9.97 Å². The Labute approximate surface area is 158 Å². The fourth-order valence-corrected chi connectivity index (χ4v) is 4.98. The molecule has 7 nitrogen and oxygen atoms in total. The number of para-hydroxylation sites is 2. The molecule has 142 valence electrons. The molecule has 1 aliphatic carbocycles. The number of aliphatic carboxylic acids is 1. The van der Waals surface area contributed by atoms with Gasteiger partial charge in [-0.15, -0.1) is 0 Å². The van der Waals surface area contributed by atoms with Gasteiger partial charge in [0.1, 0.15) is 0 Å². The Kier molecular flexibility index (Phi) is 3.93. The first-order chi connectivity index (χ1) is 13.2. The van der Waals surface area contributed by atoms with E-state index in [0.717, 1.165) is 61.6 Å². The van der Waals surface area contributed by atoms with Crippen molar-refractivity contribution in [2.75, 3.05) is 49.2 Å². The summed E-state index contributed by atoms with van der Waals surface area (Å²) >= 11 is 0. The summed E-state index contributed by atoms with van der Waals surface area (Å²) in [6, 6.07) is 7.89. The summed E-state index contributed by atoms with van der Waals surface area (Å²) in [5.41, 5.74) is 1.09. The molecule has 2 atom stereocenters. The number of ether oxygens (including phenoxy) is 1. The highest BCUT2D eigenvalue weighted by Gasteiger charge is 2.55. The molecule has 1 N–H and O–H groups in total. The summed E-state index contributed by atoms with van der Waals surface area (Å²) in [5, 5.41) is 9.94. The van der Waals surface area contributed by atoms with Crippen LogP contribution in [-0.4, -0.2) is 60.4 Å². The fourth-order valence-electron chi connectivity index (χ4n) is 4.98. The molecule has 3 aliphatic rings. The van der Waals surface area contributed by atoms with Gasteiger partial charge in [-0.2, -0.15) is 0 Å². The normalized spacial score (nSPS) is 27.9. The van der Waals surface area contributed by atoms with Crippen LogP contribution in [0, 0.1) is 11.3 Å². The number of carboxylic acids is 1. The van der Waals surface area contributed by atoms with Crippen molar-refractivity contribution in [3.05, 3.63) is 24.3 Å². The molecule has 5 rings (SSSR count). The van der Waals surface area contributed by atoms with Crippen LogP contribution in [0.2, 0.25) is 0 Å². The average molecular weight is 368 g/mol. The predicted octanol–water partition coefficient (Wildman–Crippen LogP) is 2.16. The topological polar surface area (TPSA) is 78.8 Å². The molecule has 0 amide bonds. The lowest BCUT2D eigenvalue weighted by Gasteiger charge is -2.32.